The van der Waals surface area contributed by atoms with Gasteiger partial charge in [0.05, 0.1) is 6.42 Å². The number of hydrogen-bond donors (Lipinski definition) is 1. The zero-order valence-electron chi connectivity index (χ0n) is 15.2. The molecule has 1 atom stereocenters. The first kappa shape index (κ1) is 20.0. The van der Waals surface area contributed by atoms with E-state index in [1.165, 1.54) is 0 Å². The second-order valence-corrected chi connectivity index (χ2v) is 6.57. The second kappa shape index (κ2) is 9.97. The average molecular weight is 373 g/mol. The third kappa shape index (κ3) is 5.60. The van der Waals surface area contributed by atoms with Crippen molar-refractivity contribution in [2.24, 2.45) is 0 Å². The van der Waals surface area contributed by atoms with Crippen molar-refractivity contribution in [2.75, 3.05) is 6.54 Å². The SMILES string of the molecule is CCNC(=O)C(CC)N(Cc1ccccc1)C(=O)Cc1ccc(Cl)cc1. The predicted octanol–water partition coefficient (Wildman–Crippen LogP) is 3.83. The number of carbonyl (C=O) groups excluding carboxylic acids is 2. The minimum Gasteiger partial charge on any atom is -0.355 e. The maximum absolute atomic E-state index is 13.0. The number of carbonyl (C=O) groups is 2. The number of nitrogens with zero attached hydrogens (tertiary/aromatic N) is 1. The first-order valence-corrected chi connectivity index (χ1v) is 9.28. The summed E-state index contributed by atoms with van der Waals surface area (Å²) in [6, 6.07) is 16.5. The molecule has 0 radical (unpaired) electrons. The summed E-state index contributed by atoms with van der Waals surface area (Å²) in [5.74, 6) is -0.190. The molecule has 4 nitrogen and oxygen atoms in total. The molecule has 0 heterocycles. The fraction of sp³-hybridized carbons (Fsp3) is 0.333. The molecule has 2 aromatic rings. The molecule has 2 rings (SSSR count). The van der Waals surface area contributed by atoms with E-state index < -0.39 is 6.04 Å². The van der Waals surface area contributed by atoms with Gasteiger partial charge < -0.3 is 10.2 Å². The Morgan fingerprint density at radius 3 is 2.23 bits per heavy atom. The van der Waals surface area contributed by atoms with Crippen molar-refractivity contribution in [3.8, 4) is 0 Å². The highest BCUT2D eigenvalue weighted by Gasteiger charge is 2.28. The van der Waals surface area contributed by atoms with E-state index in [4.69, 9.17) is 11.6 Å². The van der Waals surface area contributed by atoms with Gasteiger partial charge in [0, 0.05) is 18.1 Å². The molecule has 0 saturated carbocycles. The van der Waals surface area contributed by atoms with E-state index in [1.807, 2.05) is 56.3 Å². The van der Waals surface area contributed by atoms with E-state index in [0.717, 1.165) is 11.1 Å². The summed E-state index contributed by atoms with van der Waals surface area (Å²) < 4.78 is 0. The number of hydrogen-bond acceptors (Lipinski definition) is 2. The number of amides is 2. The molecule has 5 heteroatoms. The molecule has 1 N–H and O–H groups in total. The molecule has 26 heavy (non-hydrogen) atoms. The van der Waals surface area contributed by atoms with Crippen LogP contribution >= 0.6 is 11.6 Å². The molecule has 138 valence electrons. The lowest BCUT2D eigenvalue weighted by molar-refractivity contribution is -0.140. The van der Waals surface area contributed by atoms with Gasteiger partial charge in [-0.2, -0.15) is 0 Å². The summed E-state index contributed by atoms with van der Waals surface area (Å²) in [6.07, 6.45) is 0.797. The van der Waals surface area contributed by atoms with E-state index in [-0.39, 0.29) is 18.2 Å². The molecule has 0 fully saturated rings. The second-order valence-electron chi connectivity index (χ2n) is 6.13. The molecule has 0 spiro atoms. The molecular weight excluding hydrogens is 348 g/mol. The average Bonchev–Trinajstić information content (AvgIpc) is 2.64. The van der Waals surface area contributed by atoms with Gasteiger partial charge in [-0.25, -0.2) is 0 Å². The number of benzene rings is 2. The number of rotatable bonds is 8. The fourth-order valence-electron chi connectivity index (χ4n) is 2.87. The summed E-state index contributed by atoms with van der Waals surface area (Å²) in [5, 5.41) is 3.47. The zero-order chi connectivity index (χ0) is 18.9. The van der Waals surface area contributed by atoms with Crippen LogP contribution in [0.4, 0.5) is 0 Å². The van der Waals surface area contributed by atoms with Crippen molar-refractivity contribution >= 4 is 23.4 Å². The minimum absolute atomic E-state index is 0.0747. The van der Waals surface area contributed by atoms with Gasteiger partial charge in [-0.05, 0) is 36.6 Å². The molecule has 0 aromatic heterocycles. The Morgan fingerprint density at radius 2 is 1.65 bits per heavy atom. The molecular formula is C21H25ClN2O2. The number of halogens is 1. The van der Waals surface area contributed by atoms with Crippen LogP contribution in [0.2, 0.25) is 5.02 Å². The molecule has 0 aliphatic carbocycles. The Balaban J connectivity index is 2.24. The lowest BCUT2D eigenvalue weighted by Gasteiger charge is -2.30. The Kier molecular flexibility index (Phi) is 7.67. The third-order valence-electron chi connectivity index (χ3n) is 4.20. The van der Waals surface area contributed by atoms with E-state index in [9.17, 15) is 9.59 Å². The lowest BCUT2D eigenvalue weighted by atomic mass is 10.1. The highest BCUT2D eigenvalue weighted by Crippen LogP contribution is 2.16. The first-order chi connectivity index (χ1) is 12.5. The van der Waals surface area contributed by atoms with Crippen LogP contribution < -0.4 is 5.32 Å². The standard InChI is InChI=1S/C21H25ClN2O2/c1-3-19(21(26)23-4-2)24(15-17-8-6-5-7-9-17)20(25)14-16-10-12-18(22)13-11-16/h5-13,19H,3-4,14-15H2,1-2H3,(H,23,26). The molecule has 2 amide bonds. The summed E-state index contributed by atoms with van der Waals surface area (Å²) in [5.41, 5.74) is 1.88. The van der Waals surface area contributed by atoms with E-state index in [2.05, 4.69) is 5.32 Å². The van der Waals surface area contributed by atoms with E-state index in [0.29, 0.717) is 24.5 Å². The highest BCUT2D eigenvalue weighted by molar-refractivity contribution is 6.30. The van der Waals surface area contributed by atoms with Crippen molar-refractivity contribution in [1.29, 1.82) is 0 Å². The van der Waals surface area contributed by atoms with E-state index >= 15 is 0 Å². The Labute approximate surface area is 160 Å². The van der Waals surface area contributed by atoms with Crippen molar-refractivity contribution in [2.45, 2.75) is 39.3 Å². The van der Waals surface area contributed by atoms with Crippen LogP contribution in [0.5, 0.6) is 0 Å². The Bertz CT molecular complexity index is 717. The Morgan fingerprint density at radius 1 is 1.00 bits per heavy atom. The fourth-order valence-corrected chi connectivity index (χ4v) is 3.00. The van der Waals surface area contributed by atoms with Gasteiger partial charge in [0.15, 0.2) is 0 Å². The number of nitrogens with one attached hydrogen (secondary N) is 1. The Hall–Kier alpha value is -2.33. The van der Waals surface area contributed by atoms with Crippen LogP contribution in [-0.2, 0) is 22.6 Å². The topological polar surface area (TPSA) is 49.4 Å². The normalized spacial score (nSPS) is 11.7. The summed E-state index contributed by atoms with van der Waals surface area (Å²) in [7, 11) is 0. The largest absolute Gasteiger partial charge is 0.355 e. The minimum atomic E-state index is -0.491. The lowest BCUT2D eigenvalue weighted by Crippen LogP contribution is -2.49. The van der Waals surface area contributed by atoms with Gasteiger partial charge in [0.2, 0.25) is 11.8 Å². The van der Waals surface area contributed by atoms with Gasteiger partial charge in [0.25, 0.3) is 0 Å². The zero-order valence-corrected chi connectivity index (χ0v) is 16.0. The molecule has 1 unspecified atom stereocenters. The van der Waals surface area contributed by atoms with Gasteiger partial charge in [-0.3, -0.25) is 9.59 Å². The molecule has 0 bridgehead atoms. The van der Waals surface area contributed by atoms with Crippen molar-refractivity contribution < 1.29 is 9.59 Å². The van der Waals surface area contributed by atoms with Gasteiger partial charge in [0.1, 0.15) is 6.04 Å². The van der Waals surface area contributed by atoms with Crippen molar-refractivity contribution in [3.63, 3.8) is 0 Å². The van der Waals surface area contributed by atoms with Crippen LogP contribution in [0.3, 0.4) is 0 Å². The van der Waals surface area contributed by atoms with Crippen LogP contribution in [0.15, 0.2) is 54.6 Å². The summed E-state index contributed by atoms with van der Waals surface area (Å²) >= 11 is 5.92. The van der Waals surface area contributed by atoms with Gasteiger partial charge in [-0.15, -0.1) is 0 Å². The first-order valence-electron chi connectivity index (χ1n) is 8.90. The van der Waals surface area contributed by atoms with Crippen LogP contribution in [0.25, 0.3) is 0 Å². The van der Waals surface area contributed by atoms with Crippen LogP contribution in [0.1, 0.15) is 31.4 Å². The maximum atomic E-state index is 13.0. The quantitative estimate of drug-likeness (QED) is 0.765. The van der Waals surface area contributed by atoms with Crippen LogP contribution in [-0.4, -0.2) is 29.3 Å². The number of likely N-dealkylation sites (N-methyl/N-ethyl adjacent to an activating group) is 1. The highest BCUT2D eigenvalue weighted by atomic mass is 35.5. The van der Waals surface area contributed by atoms with Crippen LogP contribution in [0, 0.1) is 0 Å². The van der Waals surface area contributed by atoms with Gasteiger partial charge >= 0.3 is 0 Å². The van der Waals surface area contributed by atoms with Crippen molar-refractivity contribution in [1.82, 2.24) is 10.2 Å². The predicted molar refractivity (Wildman–Crippen MR) is 105 cm³/mol. The third-order valence-corrected chi connectivity index (χ3v) is 4.45. The maximum Gasteiger partial charge on any atom is 0.242 e. The molecule has 0 aliphatic rings. The molecule has 2 aromatic carbocycles. The van der Waals surface area contributed by atoms with Gasteiger partial charge in [-0.1, -0.05) is 61.0 Å². The smallest absolute Gasteiger partial charge is 0.242 e. The molecule has 0 saturated heterocycles. The monoisotopic (exact) mass is 372 g/mol. The molecule has 0 aliphatic heterocycles. The van der Waals surface area contributed by atoms with Crippen molar-refractivity contribution in [3.05, 3.63) is 70.7 Å². The summed E-state index contributed by atoms with van der Waals surface area (Å²) in [4.78, 5) is 27.2. The van der Waals surface area contributed by atoms with E-state index in [1.54, 1.807) is 17.0 Å². The summed E-state index contributed by atoms with van der Waals surface area (Å²) in [6.45, 7) is 4.75.